The Morgan fingerprint density at radius 1 is 1.29 bits per heavy atom. The van der Waals surface area contributed by atoms with Crippen LogP contribution in [-0.4, -0.2) is 4.98 Å². The number of thiazole rings is 1. The summed E-state index contributed by atoms with van der Waals surface area (Å²) in [6.45, 7) is 0. The molecule has 0 spiro atoms. The van der Waals surface area contributed by atoms with Crippen molar-refractivity contribution in [3.8, 4) is 0 Å². The fraction of sp³-hybridized carbons (Fsp3) is 0.727. The zero-order valence-corrected chi connectivity index (χ0v) is 9.15. The number of aromatic nitrogens is 1. The maximum absolute atomic E-state index is 6.21. The molecule has 1 atom stereocenters. The predicted molar refractivity (Wildman–Crippen MR) is 58.4 cm³/mol. The second-order valence-corrected chi connectivity index (χ2v) is 5.61. The number of nitrogens with two attached hydrogens (primary N) is 1. The van der Waals surface area contributed by atoms with Crippen molar-refractivity contribution in [2.24, 2.45) is 11.7 Å². The molecule has 0 amide bonds. The highest BCUT2D eigenvalue weighted by Gasteiger charge is 2.29. The van der Waals surface area contributed by atoms with E-state index in [2.05, 4.69) is 4.98 Å². The van der Waals surface area contributed by atoms with Crippen LogP contribution in [-0.2, 0) is 12.8 Å². The predicted octanol–water partition coefficient (Wildman–Crippen LogP) is 2.43. The zero-order valence-electron chi connectivity index (χ0n) is 8.33. The molecule has 1 aromatic rings. The SMILES string of the molecule is NC(c1nc2c(s1)CCC2)C1CCC1. The third-order valence-electron chi connectivity index (χ3n) is 3.56. The van der Waals surface area contributed by atoms with E-state index in [1.54, 1.807) is 0 Å². The minimum atomic E-state index is 0.236. The standard InChI is InChI=1S/C11H16N2S/c12-10(7-3-1-4-7)11-13-8-5-2-6-9(8)14-11/h7,10H,1-6,12H2. The van der Waals surface area contributed by atoms with Gasteiger partial charge < -0.3 is 5.73 Å². The molecule has 0 aliphatic heterocycles. The van der Waals surface area contributed by atoms with Gasteiger partial charge in [0.1, 0.15) is 5.01 Å². The Kier molecular flexibility index (Phi) is 2.10. The summed E-state index contributed by atoms with van der Waals surface area (Å²) in [5.41, 5.74) is 7.56. The quantitative estimate of drug-likeness (QED) is 0.810. The van der Waals surface area contributed by atoms with Crippen molar-refractivity contribution < 1.29 is 0 Å². The molecule has 3 rings (SSSR count). The second kappa shape index (κ2) is 3.31. The van der Waals surface area contributed by atoms with Crippen molar-refractivity contribution in [1.29, 1.82) is 0 Å². The largest absolute Gasteiger partial charge is 0.322 e. The maximum atomic E-state index is 6.21. The minimum absolute atomic E-state index is 0.236. The van der Waals surface area contributed by atoms with Crippen LogP contribution in [0.3, 0.4) is 0 Å². The topological polar surface area (TPSA) is 38.9 Å². The van der Waals surface area contributed by atoms with Crippen LogP contribution in [0.1, 0.15) is 47.3 Å². The third kappa shape index (κ3) is 1.30. The van der Waals surface area contributed by atoms with Crippen LogP contribution in [0.4, 0.5) is 0 Å². The summed E-state index contributed by atoms with van der Waals surface area (Å²) in [6, 6.07) is 0.236. The molecule has 2 aliphatic carbocycles. The van der Waals surface area contributed by atoms with Crippen molar-refractivity contribution in [3.63, 3.8) is 0 Å². The lowest BCUT2D eigenvalue weighted by Gasteiger charge is -2.29. The second-order valence-electron chi connectivity index (χ2n) is 4.49. The molecule has 1 fully saturated rings. The first kappa shape index (κ1) is 8.86. The molecule has 1 heterocycles. The van der Waals surface area contributed by atoms with Gasteiger partial charge in [-0.05, 0) is 38.0 Å². The van der Waals surface area contributed by atoms with Gasteiger partial charge in [0.05, 0.1) is 11.7 Å². The van der Waals surface area contributed by atoms with Crippen LogP contribution in [0.2, 0.25) is 0 Å². The first-order chi connectivity index (χ1) is 6.84. The van der Waals surface area contributed by atoms with E-state index in [1.807, 2.05) is 11.3 Å². The van der Waals surface area contributed by atoms with E-state index in [4.69, 9.17) is 5.73 Å². The molecule has 3 heteroatoms. The zero-order chi connectivity index (χ0) is 9.54. The van der Waals surface area contributed by atoms with Crippen LogP contribution >= 0.6 is 11.3 Å². The van der Waals surface area contributed by atoms with E-state index in [9.17, 15) is 0 Å². The Labute approximate surface area is 88.5 Å². The Bertz CT molecular complexity index is 320. The summed E-state index contributed by atoms with van der Waals surface area (Å²) in [6.07, 6.45) is 7.71. The smallest absolute Gasteiger partial charge is 0.110 e. The van der Waals surface area contributed by atoms with Gasteiger partial charge in [-0.25, -0.2) is 4.98 Å². The normalized spacial score (nSPS) is 23.2. The van der Waals surface area contributed by atoms with Crippen LogP contribution in [0.15, 0.2) is 0 Å². The van der Waals surface area contributed by atoms with Gasteiger partial charge in [-0.1, -0.05) is 6.42 Å². The summed E-state index contributed by atoms with van der Waals surface area (Å²) in [4.78, 5) is 6.20. The van der Waals surface area contributed by atoms with Crippen LogP contribution in [0.25, 0.3) is 0 Å². The Morgan fingerprint density at radius 2 is 2.14 bits per heavy atom. The number of fused-ring (bicyclic) bond motifs is 1. The van der Waals surface area contributed by atoms with Gasteiger partial charge in [0, 0.05) is 4.88 Å². The molecule has 2 N–H and O–H groups in total. The molecule has 1 aromatic heterocycles. The minimum Gasteiger partial charge on any atom is -0.322 e. The van der Waals surface area contributed by atoms with Gasteiger partial charge in [0.2, 0.25) is 0 Å². The van der Waals surface area contributed by atoms with Crippen molar-refractivity contribution in [3.05, 3.63) is 15.6 Å². The van der Waals surface area contributed by atoms with Crippen LogP contribution in [0, 0.1) is 5.92 Å². The first-order valence-electron chi connectivity index (χ1n) is 5.58. The van der Waals surface area contributed by atoms with Gasteiger partial charge in [0.15, 0.2) is 0 Å². The Balaban J connectivity index is 1.82. The lowest BCUT2D eigenvalue weighted by atomic mass is 9.80. The van der Waals surface area contributed by atoms with Gasteiger partial charge in [-0.2, -0.15) is 0 Å². The summed E-state index contributed by atoms with van der Waals surface area (Å²) in [5.74, 6) is 0.723. The molecule has 0 radical (unpaired) electrons. The average Bonchev–Trinajstić information content (AvgIpc) is 2.56. The van der Waals surface area contributed by atoms with E-state index >= 15 is 0 Å². The number of aryl methyl sites for hydroxylation is 2. The van der Waals surface area contributed by atoms with Crippen molar-refractivity contribution in [2.75, 3.05) is 0 Å². The molecule has 0 aromatic carbocycles. The molecule has 2 aliphatic rings. The summed E-state index contributed by atoms with van der Waals surface area (Å²) in [7, 11) is 0. The Morgan fingerprint density at radius 3 is 2.79 bits per heavy atom. The Hall–Kier alpha value is -0.410. The maximum Gasteiger partial charge on any atom is 0.110 e. The highest BCUT2D eigenvalue weighted by molar-refractivity contribution is 7.11. The van der Waals surface area contributed by atoms with Crippen molar-refractivity contribution in [1.82, 2.24) is 4.98 Å². The van der Waals surface area contributed by atoms with Crippen LogP contribution < -0.4 is 5.73 Å². The van der Waals surface area contributed by atoms with Gasteiger partial charge in [0.25, 0.3) is 0 Å². The molecular weight excluding hydrogens is 192 g/mol. The highest BCUT2D eigenvalue weighted by atomic mass is 32.1. The molecular formula is C11H16N2S. The molecule has 76 valence electrons. The monoisotopic (exact) mass is 208 g/mol. The average molecular weight is 208 g/mol. The van der Waals surface area contributed by atoms with Crippen molar-refractivity contribution >= 4 is 11.3 Å². The molecule has 1 unspecified atom stereocenters. The first-order valence-corrected chi connectivity index (χ1v) is 6.40. The lowest BCUT2D eigenvalue weighted by Crippen LogP contribution is -2.26. The fourth-order valence-corrected chi connectivity index (χ4v) is 3.60. The van der Waals surface area contributed by atoms with Crippen LogP contribution in [0.5, 0.6) is 0 Å². The lowest BCUT2D eigenvalue weighted by molar-refractivity contribution is 0.264. The van der Waals surface area contributed by atoms with Gasteiger partial charge >= 0.3 is 0 Å². The van der Waals surface area contributed by atoms with Gasteiger partial charge in [-0.3, -0.25) is 0 Å². The molecule has 0 saturated heterocycles. The number of rotatable bonds is 2. The highest BCUT2D eigenvalue weighted by Crippen LogP contribution is 2.39. The summed E-state index contributed by atoms with van der Waals surface area (Å²) in [5, 5.41) is 1.21. The summed E-state index contributed by atoms with van der Waals surface area (Å²) >= 11 is 1.87. The van der Waals surface area contributed by atoms with Gasteiger partial charge in [-0.15, -0.1) is 11.3 Å². The van der Waals surface area contributed by atoms with E-state index in [1.165, 1.54) is 54.1 Å². The molecule has 1 saturated carbocycles. The molecule has 14 heavy (non-hydrogen) atoms. The van der Waals surface area contributed by atoms with E-state index < -0.39 is 0 Å². The number of nitrogens with zero attached hydrogens (tertiary/aromatic N) is 1. The van der Waals surface area contributed by atoms with Crippen molar-refractivity contribution in [2.45, 2.75) is 44.6 Å². The van der Waals surface area contributed by atoms with E-state index in [0.717, 1.165) is 5.92 Å². The van der Waals surface area contributed by atoms with E-state index in [-0.39, 0.29) is 6.04 Å². The third-order valence-corrected chi connectivity index (χ3v) is 4.81. The van der Waals surface area contributed by atoms with E-state index in [0.29, 0.717) is 0 Å². The molecule has 2 nitrogen and oxygen atoms in total. The molecule has 0 bridgehead atoms. The number of hydrogen-bond donors (Lipinski definition) is 1. The number of hydrogen-bond acceptors (Lipinski definition) is 3. The summed E-state index contributed by atoms with van der Waals surface area (Å²) < 4.78 is 0. The fourth-order valence-electron chi connectivity index (χ4n) is 2.35.